The van der Waals surface area contributed by atoms with E-state index < -0.39 is 0 Å². The average molecular weight is 232 g/mol. The van der Waals surface area contributed by atoms with Crippen molar-refractivity contribution in [3.8, 4) is 0 Å². The van der Waals surface area contributed by atoms with E-state index in [-0.39, 0.29) is 12.5 Å². The molecular formula is C12H16N4O. The van der Waals surface area contributed by atoms with Gasteiger partial charge in [0.25, 0.3) is 5.91 Å². The molecule has 0 saturated carbocycles. The van der Waals surface area contributed by atoms with Gasteiger partial charge in [-0.2, -0.15) is 0 Å². The smallest absolute Gasteiger partial charge is 0.257 e. The Labute approximate surface area is 100 Å². The minimum Gasteiger partial charge on any atom is -0.376 e. The number of amidine groups is 1. The van der Waals surface area contributed by atoms with Crippen molar-refractivity contribution >= 4 is 17.4 Å². The van der Waals surface area contributed by atoms with Gasteiger partial charge in [0.15, 0.2) is 0 Å². The predicted molar refractivity (Wildman–Crippen MR) is 67.7 cm³/mol. The third-order valence-corrected chi connectivity index (χ3v) is 2.45. The van der Waals surface area contributed by atoms with Crippen LogP contribution in [0.5, 0.6) is 0 Å². The molecule has 0 bridgehead atoms. The predicted octanol–water partition coefficient (Wildman–Crippen LogP) is 0.912. The Bertz CT molecular complexity index is 402. The molecule has 1 aromatic rings. The number of nitrogens with one attached hydrogen (secondary N) is 3. The molecule has 0 aromatic heterocycles. The summed E-state index contributed by atoms with van der Waals surface area (Å²) >= 11 is 0. The Balaban J connectivity index is 1.67. The standard InChI is InChI=1S/C12H16N4O/c17-12(16-15-11-7-4-8-13-11)9-14-10-5-2-1-3-6-10/h1-3,5-6,14H,4,7-9H2,(H,13,15)(H,16,17). The van der Waals surface area contributed by atoms with E-state index >= 15 is 0 Å². The number of benzene rings is 1. The summed E-state index contributed by atoms with van der Waals surface area (Å²) < 4.78 is 0. The molecule has 0 fully saturated rings. The number of hydrazine groups is 1. The highest BCUT2D eigenvalue weighted by Gasteiger charge is 2.06. The number of rotatable bonds is 3. The summed E-state index contributed by atoms with van der Waals surface area (Å²) in [6, 6.07) is 9.62. The molecule has 0 spiro atoms. The van der Waals surface area contributed by atoms with E-state index in [4.69, 9.17) is 0 Å². The van der Waals surface area contributed by atoms with Gasteiger partial charge in [-0.3, -0.25) is 20.6 Å². The summed E-state index contributed by atoms with van der Waals surface area (Å²) in [4.78, 5) is 15.7. The van der Waals surface area contributed by atoms with E-state index in [0.29, 0.717) is 0 Å². The Morgan fingerprint density at radius 2 is 2.12 bits per heavy atom. The lowest BCUT2D eigenvalue weighted by Crippen LogP contribution is -2.43. The highest BCUT2D eigenvalue weighted by molar-refractivity contribution is 5.87. The zero-order valence-corrected chi connectivity index (χ0v) is 9.57. The normalized spacial score (nSPS) is 14.0. The van der Waals surface area contributed by atoms with Crippen molar-refractivity contribution in [3.05, 3.63) is 30.3 Å². The quantitative estimate of drug-likeness (QED) is 0.679. The number of carbonyl (C=O) groups is 1. The van der Waals surface area contributed by atoms with Crippen molar-refractivity contribution in [1.29, 1.82) is 0 Å². The summed E-state index contributed by atoms with van der Waals surface area (Å²) in [5, 5.41) is 3.03. The van der Waals surface area contributed by atoms with Crippen molar-refractivity contribution in [3.63, 3.8) is 0 Å². The zero-order chi connectivity index (χ0) is 11.9. The van der Waals surface area contributed by atoms with E-state index in [9.17, 15) is 4.79 Å². The van der Waals surface area contributed by atoms with Crippen molar-refractivity contribution in [2.45, 2.75) is 12.8 Å². The maximum atomic E-state index is 11.5. The second kappa shape index (κ2) is 5.89. The summed E-state index contributed by atoms with van der Waals surface area (Å²) in [5.74, 6) is 0.751. The van der Waals surface area contributed by atoms with Gasteiger partial charge in [0.2, 0.25) is 0 Å². The van der Waals surface area contributed by atoms with Crippen molar-refractivity contribution in [2.75, 3.05) is 18.4 Å². The number of hydrogen-bond donors (Lipinski definition) is 3. The average Bonchev–Trinajstić information content (AvgIpc) is 2.88. The lowest BCUT2D eigenvalue weighted by molar-refractivity contribution is -0.119. The van der Waals surface area contributed by atoms with Crippen LogP contribution in [0.1, 0.15) is 12.8 Å². The maximum Gasteiger partial charge on any atom is 0.257 e. The number of para-hydroxylation sites is 1. The van der Waals surface area contributed by atoms with Gasteiger partial charge in [-0.25, -0.2) is 0 Å². The molecule has 0 atom stereocenters. The topological polar surface area (TPSA) is 65.5 Å². The molecule has 0 saturated heterocycles. The van der Waals surface area contributed by atoms with Gasteiger partial charge in [0.1, 0.15) is 5.84 Å². The first-order chi connectivity index (χ1) is 8.34. The van der Waals surface area contributed by atoms with Gasteiger partial charge in [-0.15, -0.1) is 0 Å². The van der Waals surface area contributed by atoms with Crippen molar-refractivity contribution in [2.24, 2.45) is 4.99 Å². The minimum absolute atomic E-state index is 0.108. The second-order valence-electron chi connectivity index (χ2n) is 3.82. The fourth-order valence-electron chi connectivity index (χ4n) is 1.57. The summed E-state index contributed by atoms with van der Waals surface area (Å²) in [6.45, 7) is 1.09. The lowest BCUT2D eigenvalue weighted by Gasteiger charge is -2.09. The Hall–Kier alpha value is -2.04. The first kappa shape index (κ1) is 11.4. The summed E-state index contributed by atoms with van der Waals surface area (Å²) in [7, 11) is 0. The molecule has 0 radical (unpaired) electrons. The Kier molecular flexibility index (Phi) is 3.96. The molecule has 1 heterocycles. The molecule has 0 aliphatic carbocycles. The fourth-order valence-corrected chi connectivity index (χ4v) is 1.57. The molecule has 5 nitrogen and oxygen atoms in total. The SMILES string of the molecule is O=C(CNc1ccccc1)NNC1=NCCC1. The molecule has 1 aliphatic rings. The molecule has 2 rings (SSSR count). The van der Waals surface area contributed by atoms with Crippen LogP contribution >= 0.6 is 0 Å². The van der Waals surface area contributed by atoms with Crippen LogP contribution in [0.15, 0.2) is 35.3 Å². The van der Waals surface area contributed by atoms with Crippen LogP contribution in [0.4, 0.5) is 5.69 Å². The van der Waals surface area contributed by atoms with Gasteiger partial charge in [-0.1, -0.05) is 18.2 Å². The monoisotopic (exact) mass is 232 g/mol. The van der Waals surface area contributed by atoms with Crippen LogP contribution in [0.2, 0.25) is 0 Å². The van der Waals surface area contributed by atoms with Crippen LogP contribution in [-0.2, 0) is 4.79 Å². The third-order valence-electron chi connectivity index (χ3n) is 2.45. The number of carbonyl (C=O) groups excluding carboxylic acids is 1. The molecule has 1 aliphatic heterocycles. The van der Waals surface area contributed by atoms with Crippen LogP contribution in [-0.4, -0.2) is 24.8 Å². The number of anilines is 1. The van der Waals surface area contributed by atoms with Gasteiger partial charge >= 0.3 is 0 Å². The number of aliphatic imine (C=N–C) groups is 1. The van der Waals surface area contributed by atoms with Crippen LogP contribution in [0.25, 0.3) is 0 Å². The van der Waals surface area contributed by atoms with Gasteiger partial charge < -0.3 is 5.32 Å². The van der Waals surface area contributed by atoms with Crippen molar-refractivity contribution < 1.29 is 4.79 Å². The van der Waals surface area contributed by atoms with E-state index in [1.807, 2.05) is 30.3 Å². The molecule has 0 unspecified atom stereocenters. The zero-order valence-electron chi connectivity index (χ0n) is 9.57. The Morgan fingerprint density at radius 3 is 2.82 bits per heavy atom. The summed E-state index contributed by atoms with van der Waals surface area (Å²) in [6.07, 6.45) is 1.97. The molecule has 3 N–H and O–H groups in total. The van der Waals surface area contributed by atoms with Crippen LogP contribution in [0, 0.1) is 0 Å². The largest absolute Gasteiger partial charge is 0.376 e. The lowest BCUT2D eigenvalue weighted by atomic mass is 10.3. The molecular weight excluding hydrogens is 216 g/mol. The van der Waals surface area contributed by atoms with Crippen LogP contribution < -0.4 is 16.2 Å². The molecule has 90 valence electrons. The van der Waals surface area contributed by atoms with E-state index in [1.165, 1.54) is 0 Å². The van der Waals surface area contributed by atoms with E-state index in [0.717, 1.165) is 30.9 Å². The highest BCUT2D eigenvalue weighted by Crippen LogP contribution is 2.03. The Morgan fingerprint density at radius 1 is 1.29 bits per heavy atom. The number of nitrogens with zero attached hydrogens (tertiary/aromatic N) is 1. The van der Waals surface area contributed by atoms with Gasteiger partial charge in [-0.05, 0) is 18.6 Å². The van der Waals surface area contributed by atoms with E-state index in [2.05, 4.69) is 21.2 Å². The maximum absolute atomic E-state index is 11.5. The second-order valence-corrected chi connectivity index (χ2v) is 3.82. The first-order valence-electron chi connectivity index (χ1n) is 5.72. The molecule has 5 heteroatoms. The molecule has 1 aromatic carbocycles. The van der Waals surface area contributed by atoms with Crippen molar-refractivity contribution in [1.82, 2.24) is 10.9 Å². The minimum atomic E-state index is -0.108. The van der Waals surface area contributed by atoms with Gasteiger partial charge in [0, 0.05) is 18.7 Å². The first-order valence-corrected chi connectivity index (χ1v) is 5.72. The number of hydrogen-bond acceptors (Lipinski definition) is 4. The molecule has 1 amide bonds. The highest BCUT2D eigenvalue weighted by atomic mass is 16.2. The number of amides is 1. The van der Waals surface area contributed by atoms with Gasteiger partial charge in [0.05, 0.1) is 6.54 Å². The third kappa shape index (κ3) is 3.79. The molecule has 17 heavy (non-hydrogen) atoms. The summed E-state index contributed by atoms with van der Waals surface area (Å²) in [5.41, 5.74) is 6.37. The van der Waals surface area contributed by atoms with Crippen LogP contribution in [0.3, 0.4) is 0 Å². The van der Waals surface area contributed by atoms with E-state index in [1.54, 1.807) is 0 Å². The fraction of sp³-hybridized carbons (Fsp3) is 0.333.